The summed E-state index contributed by atoms with van der Waals surface area (Å²) in [6, 6.07) is 22.7. The van der Waals surface area contributed by atoms with Crippen LogP contribution < -0.4 is 10.1 Å². The maximum atomic E-state index is 12.3. The second-order valence-corrected chi connectivity index (χ2v) is 5.87. The van der Waals surface area contributed by atoms with Crippen molar-refractivity contribution >= 4 is 17.6 Å². The summed E-state index contributed by atoms with van der Waals surface area (Å²) in [6.07, 6.45) is 0. The maximum Gasteiger partial charge on any atom is 0.343 e. The van der Waals surface area contributed by atoms with E-state index in [4.69, 9.17) is 9.47 Å². The first-order valence-electron chi connectivity index (χ1n) is 8.42. The molecule has 5 nitrogen and oxygen atoms in total. The minimum Gasteiger partial charge on any atom is -0.423 e. The fraction of sp³-hybridized carbons (Fsp3) is 0.0909. The minimum atomic E-state index is -0.450. The Balaban J connectivity index is 1.63. The molecule has 136 valence electrons. The molecule has 3 aromatic carbocycles. The van der Waals surface area contributed by atoms with Crippen LogP contribution in [0.4, 0.5) is 5.69 Å². The summed E-state index contributed by atoms with van der Waals surface area (Å²) in [6.45, 7) is 0.428. The largest absolute Gasteiger partial charge is 0.423 e. The van der Waals surface area contributed by atoms with Crippen LogP contribution in [0, 0.1) is 0 Å². The quantitative estimate of drug-likeness (QED) is 0.525. The second kappa shape index (κ2) is 8.78. The molecule has 0 fully saturated rings. The van der Waals surface area contributed by atoms with Crippen molar-refractivity contribution < 1.29 is 19.1 Å². The van der Waals surface area contributed by atoms with Crippen molar-refractivity contribution in [3.63, 3.8) is 0 Å². The van der Waals surface area contributed by atoms with Crippen molar-refractivity contribution in [1.29, 1.82) is 0 Å². The molecular formula is C22H19NO4. The van der Waals surface area contributed by atoms with Crippen molar-refractivity contribution in [3.05, 3.63) is 95.6 Å². The van der Waals surface area contributed by atoms with Crippen molar-refractivity contribution in [2.24, 2.45) is 0 Å². The summed E-state index contributed by atoms with van der Waals surface area (Å²) in [5.74, 6) is -0.251. The third-order valence-corrected chi connectivity index (χ3v) is 3.83. The molecule has 5 heteroatoms. The molecule has 3 rings (SSSR count). The van der Waals surface area contributed by atoms with Crippen LogP contribution in [0.5, 0.6) is 5.75 Å². The van der Waals surface area contributed by atoms with Gasteiger partial charge in [0.05, 0.1) is 12.2 Å². The van der Waals surface area contributed by atoms with Crippen LogP contribution in [-0.4, -0.2) is 19.0 Å². The number of rotatable bonds is 6. The van der Waals surface area contributed by atoms with E-state index < -0.39 is 5.97 Å². The Morgan fingerprint density at radius 2 is 1.56 bits per heavy atom. The highest BCUT2D eigenvalue weighted by Gasteiger charge is 2.10. The zero-order valence-corrected chi connectivity index (χ0v) is 14.8. The molecule has 1 N–H and O–H groups in total. The smallest absolute Gasteiger partial charge is 0.343 e. The van der Waals surface area contributed by atoms with Gasteiger partial charge in [-0.1, -0.05) is 30.3 Å². The van der Waals surface area contributed by atoms with Gasteiger partial charge in [0, 0.05) is 18.4 Å². The fourth-order valence-electron chi connectivity index (χ4n) is 2.52. The Morgan fingerprint density at radius 1 is 0.852 bits per heavy atom. The van der Waals surface area contributed by atoms with E-state index in [2.05, 4.69) is 5.32 Å². The molecule has 0 aliphatic carbocycles. The van der Waals surface area contributed by atoms with E-state index in [1.165, 1.54) is 0 Å². The first-order chi connectivity index (χ1) is 13.2. The molecule has 3 aromatic rings. The number of benzene rings is 3. The third kappa shape index (κ3) is 5.03. The summed E-state index contributed by atoms with van der Waals surface area (Å²) in [7, 11) is 1.60. The number of carbonyl (C=O) groups is 2. The average Bonchev–Trinajstić information content (AvgIpc) is 2.70. The van der Waals surface area contributed by atoms with Gasteiger partial charge in [0.15, 0.2) is 0 Å². The summed E-state index contributed by atoms with van der Waals surface area (Å²) in [5, 5.41) is 2.80. The van der Waals surface area contributed by atoms with Gasteiger partial charge >= 0.3 is 5.97 Å². The summed E-state index contributed by atoms with van der Waals surface area (Å²) < 4.78 is 10.5. The Bertz CT molecular complexity index is 921. The molecule has 0 aliphatic rings. The van der Waals surface area contributed by atoms with E-state index >= 15 is 0 Å². The van der Waals surface area contributed by atoms with Gasteiger partial charge in [0.25, 0.3) is 5.91 Å². The molecule has 0 saturated heterocycles. The topological polar surface area (TPSA) is 64.6 Å². The van der Waals surface area contributed by atoms with Crippen LogP contribution in [0.25, 0.3) is 0 Å². The number of ether oxygens (including phenoxy) is 2. The van der Waals surface area contributed by atoms with Gasteiger partial charge in [-0.05, 0) is 54.1 Å². The maximum absolute atomic E-state index is 12.3. The van der Waals surface area contributed by atoms with Gasteiger partial charge in [-0.15, -0.1) is 0 Å². The number of anilines is 1. The number of esters is 1. The van der Waals surface area contributed by atoms with E-state index in [-0.39, 0.29) is 5.91 Å². The SMILES string of the molecule is COCc1cccc(C(=O)Oc2ccc(NC(=O)c3ccccc3)cc2)c1. The summed E-state index contributed by atoms with van der Waals surface area (Å²) in [4.78, 5) is 24.4. The lowest BCUT2D eigenvalue weighted by Gasteiger charge is -2.08. The highest BCUT2D eigenvalue weighted by molar-refractivity contribution is 6.04. The van der Waals surface area contributed by atoms with Crippen LogP contribution >= 0.6 is 0 Å². The monoisotopic (exact) mass is 361 g/mol. The second-order valence-electron chi connectivity index (χ2n) is 5.87. The van der Waals surface area contributed by atoms with E-state index in [0.717, 1.165) is 5.56 Å². The molecule has 0 radical (unpaired) electrons. The number of methoxy groups -OCH3 is 1. The molecular weight excluding hydrogens is 342 g/mol. The van der Waals surface area contributed by atoms with E-state index in [9.17, 15) is 9.59 Å². The molecule has 0 atom stereocenters. The van der Waals surface area contributed by atoms with Crippen molar-refractivity contribution in [2.75, 3.05) is 12.4 Å². The highest BCUT2D eigenvalue weighted by atomic mass is 16.5. The standard InChI is InChI=1S/C22H19NO4/c1-26-15-16-6-5-9-18(14-16)22(25)27-20-12-10-19(11-13-20)23-21(24)17-7-3-2-4-8-17/h2-14H,15H2,1H3,(H,23,24). The summed E-state index contributed by atoms with van der Waals surface area (Å²) >= 11 is 0. The molecule has 0 heterocycles. The number of carbonyl (C=O) groups excluding carboxylic acids is 2. The Morgan fingerprint density at radius 3 is 2.26 bits per heavy atom. The van der Waals surface area contributed by atoms with Crippen LogP contribution in [-0.2, 0) is 11.3 Å². The van der Waals surface area contributed by atoms with Gasteiger partial charge < -0.3 is 14.8 Å². The van der Waals surface area contributed by atoms with Gasteiger partial charge in [-0.2, -0.15) is 0 Å². The van der Waals surface area contributed by atoms with Gasteiger partial charge in [0.2, 0.25) is 0 Å². The fourth-order valence-corrected chi connectivity index (χ4v) is 2.52. The lowest BCUT2D eigenvalue weighted by Crippen LogP contribution is -2.12. The zero-order chi connectivity index (χ0) is 19.1. The first-order valence-corrected chi connectivity index (χ1v) is 8.42. The lowest BCUT2D eigenvalue weighted by atomic mass is 10.1. The number of hydrogen-bond donors (Lipinski definition) is 1. The van der Waals surface area contributed by atoms with E-state index in [0.29, 0.717) is 29.2 Å². The Labute approximate surface area is 157 Å². The minimum absolute atomic E-state index is 0.199. The molecule has 0 spiro atoms. The molecule has 0 aliphatic heterocycles. The first kappa shape index (κ1) is 18.4. The van der Waals surface area contributed by atoms with Crippen molar-refractivity contribution in [2.45, 2.75) is 6.61 Å². The van der Waals surface area contributed by atoms with E-state index in [1.54, 1.807) is 73.8 Å². The Hall–Kier alpha value is -3.44. The number of nitrogens with one attached hydrogen (secondary N) is 1. The molecule has 0 bridgehead atoms. The highest BCUT2D eigenvalue weighted by Crippen LogP contribution is 2.18. The Kier molecular flexibility index (Phi) is 5.97. The predicted octanol–water partition coefficient (Wildman–Crippen LogP) is 4.30. The molecule has 0 unspecified atom stereocenters. The third-order valence-electron chi connectivity index (χ3n) is 3.83. The summed E-state index contributed by atoms with van der Waals surface area (Å²) in [5.41, 5.74) is 2.53. The van der Waals surface area contributed by atoms with E-state index in [1.807, 2.05) is 12.1 Å². The van der Waals surface area contributed by atoms with Gasteiger partial charge in [0.1, 0.15) is 5.75 Å². The molecule has 1 amide bonds. The lowest BCUT2D eigenvalue weighted by molar-refractivity contribution is 0.0734. The van der Waals surface area contributed by atoms with Crippen molar-refractivity contribution in [1.82, 2.24) is 0 Å². The van der Waals surface area contributed by atoms with Crippen LogP contribution in [0.3, 0.4) is 0 Å². The van der Waals surface area contributed by atoms with Crippen LogP contribution in [0.15, 0.2) is 78.9 Å². The average molecular weight is 361 g/mol. The number of amides is 1. The van der Waals surface area contributed by atoms with Crippen LogP contribution in [0.1, 0.15) is 26.3 Å². The normalized spacial score (nSPS) is 10.3. The van der Waals surface area contributed by atoms with Gasteiger partial charge in [-0.25, -0.2) is 4.79 Å². The van der Waals surface area contributed by atoms with Crippen LogP contribution in [0.2, 0.25) is 0 Å². The zero-order valence-electron chi connectivity index (χ0n) is 14.8. The predicted molar refractivity (Wildman–Crippen MR) is 103 cm³/mol. The van der Waals surface area contributed by atoms with Crippen molar-refractivity contribution in [3.8, 4) is 5.75 Å². The molecule has 0 aromatic heterocycles. The molecule has 27 heavy (non-hydrogen) atoms. The number of hydrogen-bond acceptors (Lipinski definition) is 4. The molecule has 0 saturated carbocycles. The van der Waals surface area contributed by atoms with Gasteiger partial charge in [-0.3, -0.25) is 4.79 Å².